The van der Waals surface area contributed by atoms with Gasteiger partial charge in [0.05, 0.1) is 35.9 Å². The number of aromatic amines is 2. The molecule has 54 heavy (non-hydrogen) atoms. The third-order valence-corrected chi connectivity index (χ3v) is 11.8. The number of rotatable bonds is 11. The average Bonchev–Trinajstić information content (AvgIpc) is 3.88. The second-order valence-electron chi connectivity index (χ2n) is 15.3. The Bertz CT molecular complexity index is 2080. The van der Waals surface area contributed by atoms with Crippen molar-refractivity contribution in [3.05, 3.63) is 71.6 Å². The number of aromatic nitrogens is 4. The molecule has 0 radical (unpaired) electrons. The lowest BCUT2D eigenvalue weighted by Gasteiger charge is -2.28. The highest BCUT2D eigenvalue weighted by atomic mass is 16.4. The van der Waals surface area contributed by atoms with Crippen molar-refractivity contribution >= 4 is 24.0 Å². The molecule has 4 atom stereocenters. The zero-order valence-electron chi connectivity index (χ0n) is 30.5. The standard InChI is InChI=1S/C40H46N8O6/c1-21-22(2)28(30-20-42-36(44-30)32-6-4-18-48(32)38(50)34(26-13-14-26)46-40(53)54)16-15-27(21)23-7-9-24(10-8-23)29-19-41-35(43-29)31-5-3-17-47(31)37(49)33(25-11-12-25)45-39(51)52/h7-10,15-16,19-20,25-26,31-34,45-46H,3-6,11-14,17-18H2,1-2H3,(H,41,43)(H,42,44)(H,51,52)(H,53,54)/t31?,32-,33?,34-/m0/s1. The molecule has 2 aliphatic carbocycles. The predicted molar refractivity (Wildman–Crippen MR) is 199 cm³/mol. The largest absolute Gasteiger partial charge is 0.465 e. The van der Waals surface area contributed by atoms with Crippen LogP contribution in [0.25, 0.3) is 33.6 Å². The number of carbonyl (C=O) groups excluding carboxylic acids is 2. The minimum Gasteiger partial charge on any atom is -0.465 e. The minimum absolute atomic E-state index is 0.0592. The quantitative estimate of drug-likeness (QED) is 0.105. The first kappa shape index (κ1) is 35.4. The Morgan fingerprint density at radius 3 is 1.59 bits per heavy atom. The first-order valence-corrected chi connectivity index (χ1v) is 19.0. The normalized spacial score (nSPS) is 20.9. The van der Waals surface area contributed by atoms with Crippen LogP contribution in [0, 0.1) is 25.7 Å². The number of H-pyrrole nitrogens is 2. The summed E-state index contributed by atoms with van der Waals surface area (Å²) in [7, 11) is 0. The van der Waals surface area contributed by atoms with Gasteiger partial charge in [0, 0.05) is 18.7 Å². The Kier molecular flexibility index (Phi) is 9.36. The molecule has 2 unspecified atom stereocenters. The molecule has 4 aromatic rings. The van der Waals surface area contributed by atoms with Crippen molar-refractivity contribution in [1.82, 2.24) is 40.4 Å². The van der Waals surface area contributed by atoms with Gasteiger partial charge >= 0.3 is 12.2 Å². The zero-order valence-corrected chi connectivity index (χ0v) is 30.5. The van der Waals surface area contributed by atoms with E-state index in [2.05, 4.69) is 75.8 Å². The summed E-state index contributed by atoms with van der Waals surface area (Å²) in [6, 6.07) is 10.6. The molecule has 4 amide bonds. The summed E-state index contributed by atoms with van der Waals surface area (Å²) in [5.74, 6) is 1.20. The van der Waals surface area contributed by atoms with E-state index >= 15 is 0 Å². The van der Waals surface area contributed by atoms with Crippen LogP contribution in [0.3, 0.4) is 0 Å². The van der Waals surface area contributed by atoms with Gasteiger partial charge in [-0.1, -0.05) is 36.4 Å². The highest BCUT2D eigenvalue weighted by Gasteiger charge is 2.44. The zero-order chi connectivity index (χ0) is 37.7. The van der Waals surface area contributed by atoms with Crippen LogP contribution in [0.15, 0.2) is 48.8 Å². The summed E-state index contributed by atoms with van der Waals surface area (Å²) in [6.07, 6.45) is 7.87. The van der Waals surface area contributed by atoms with Crippen molar-refractivity contribution in [2.45, 2.75) is 89.4 Å². The third kappa shape index (κ3) is 6.92. The molecule has 8 rings (SSSR count). The molecule has 2 aromatic heterocycles. The second kappa shape index (κ2) is 14.3. The molecule has 2 aliphatic heterocycles. The number of likely N-dealkylation sites (tertiary alicyclic amines) is 2. The van der Waals surface area contributed by atoms with Crippen molar-refractivity contribution in [1.29, 1.82) is 0 Å². The van der Waals surface area contributed by atoms with Crippen LogP contribution in [-0.2, 0) is 9.59 Å². The predicted octanol–water partition coefficient (Wildman–Crippen LogP) is 6.17. The molecular formula is C40H46N8O6. The molecule has 2 aromatic carbocycles. The van der Waals surface area contributed by atoms with Crippen molar-refractivity contribution in [3.63, 3.8) is 0 Å². The second-order valence-corrected chi connectivity index (χ2v) is 15.3. The number of hydrogen-bond acceptors (Lipinski definition) is 6. The van der Waals surface area contributed by atoms with Crippen LogP contribution in [0.4, 0.5) is 9.59 Å². The smallest absolute Gasteiger partial charge is 0.405 e. The Morgan fingerprint density at radius 2 is 1.09 bits per heavy atom. The van der Waals surface area contributed by atoms with E-state index in [0.29, 0.717) is 24.7 Å². The molecule has 14 nitrogen and oxygen atoms in total. The van der Waals surface area contributed by atoms with Gasteiger partial charge in [-0.05, 0) is 105 Å². The Morgan fingerprint density at radius 1 is 0.648 bits per heavy atom. The SMILES string of the molecule is Cc1c(-c2ccc(-c3cnc(C4CCCN4C(=O)C(NC(=O)O)C4CC4)[nH]3)cc2)ccc(-c2cnc([C@@H]3CCCN3C(=O)[C@@H](NC(=O)O)C3CC3)[nH]2)c1C. The maximum absolute atomic E-state index is 13.5. The van der Waals surface area contributed by atoms with Gasteiger partial charge in [-0.3, -0.25) is 9.59 Å². The lowest BCUT2D eigenvalue weighted by atomic mass is 9.92. The van der Waals surface area contributed by atoms with Gasteiger partial charge in [0.15, 0.2) is 0 Å². The summed E-state index contributed by atoms with van der Waals surface area (Å²) in [4.78, 5) is 69.6. The van der Waals surface area contributed by atoms with E-state index in [9.17, 15) is 29.4 Å². The van der Waals surface area contributed by atoms with Crippen LogP contribution in [0.1, 0.15) is 86.2 Å². The molecule has 4 aliphatic rings. The lowest BCUT2D eigenvalue weighted by Crippen LogP contribution is -2.49. The van der Waals surface area contributed by atoms with E-state index in [1.807, 2.05) is 6.20 Å². The van der Waals surface area contributed by atoms with E-state index < -0.39 is 24.3 Å². The van der Waals surface area contributed by atoms with Crippen molar-refractivity contribution in [2.75, 3.05) is 13.1 Å². The highest BCUT2D eigenvalue weighted by molar-refractivity contribution is 5.87. The molecule has 6 N–H and O–H groups in total. The molecule has 2 saturated carbocycles. The molecule has 4 fully saturated rings. The van der Waals surface area contributed by atoms with Crippen LogP contribution in [0.5, 0.6) is 0 Å². The van der Waals surface area contributed by atoms with E-state index in [-0.39, 0.29) is 35.7 Å². The molecule has 2 saturated heterocycles. The van der Waals surface area contributed by atoms with Crippen LogP contribution in [-0.4, -0.2) is 89.1 Å². The van der Waals surface area contributed by atoms with Gasteiger partial charge in [0.25, 0.3) is 0 Å². The van der Waals surface area contributed by atoms with Crippen LogP contribution in [0.2, 0.25) is 0 Å². The Balaban J connectivity index is 0.958. The van der Waals surface area contributed by atoms with E-state index in [4.69, 9.17) is 4.98 Å². The number of benzene rings is 2. The molecule has 4 heterocycles. The number of imidazole rings is 2. The van der Waals surface area contributed by atoms with Gasteiger partial charge in [-0.15, -0.1) is 0 Å². The lowest BCUT2D eigenvalue weighted by molar-refractivity contribution is -0.135. The summed E-state index contributed by atoms with van der Waals surface area (Å²) < 4.78 is 0. The van der Waals surface area contributed by atoms with Gasteiger partial charge in [-0.2, -0.15) is 0 Å². The molecule has 14 heteroatoms. The summed E-state index contributed by atoms with van der Waals surface area (Å²) in [5, 5.41) is 23.6. The van der Waals surface area contributed by atoms with Crippen molar-refractivity contribution in [3.8, 4) is 33.6 Å². The van der Waals surface area contributed by atoms with Gasteiger partial charge < -0.3 is 40.6 Å². The third-order valence-electron chi connectivity index (χ3n) is 11.8. The summed E-state index contributed by atoms with van der Waals surface area (Å²) in [6.45, 7) is 5.36. The first-order chi connectivity index (χ1) is 26.1. The summed E-state index contributed by atoms with van der Waals surface area (Å²) in [5.41, 5.74) is 8.14. The number of amides is 4. The number of carbonyl (C=O) groups is 4. The van der Waals surface area contributed by atoms with Crippen LogP contribution >= 0.6 is 0 Å². The monoisotopic (exact) mass is 734 g/mol. The molecule has 0 bridgehead atoms. The molecule has 282 valence electrons. The van der Waals surface area contributed by atoms with Crippen molar-refractivity contribution in [2.24, 2.45) is 11.8 Å². The van der Waals surface area contributed by atoms with Crippen LogP contribution < -0.4 is 10.6 Å². The van der Waals surface area contributed by atoms with Crippen molar-refractivity contribution < 1.29 is 29.4 Å². The number of hydrogen-bond donors (Lipinski definition) is 6. The Labute approximate surface area is 312 Å². The maximum Gasteiger partial charge on any atom is 0.405 e. The number of nitrogens with zero attached hydrogens (tertiary/aromatic N) is 4. The molecular weight excluding hydrogens is 688 g/mol. The maximum atomic E-state index is 13.5. The fourth-order valence-electron chi connectivity index (χ4n) is 8.42. The van der Waals surface area contributed by atoms with Gasteiger partial charge in [0.1, 0.15) is 23.7 Å². The minimum atomic E-state index is -1.17. The van der Waals surface area contributed by atoms with Gasteiger partial charge in [-0.25, -0.2) is 19.6 Å². The fourth-order valence-corrected chi connectivity index (χ4v) is 8.42. The topological polar surface area (TPSA) is 197 Å². The number of nitrogens with one attached hydrogen (secondary N) is 4. The average molecular weight is 735 g/mol. The van der Waals surface area contributed by atoms with E-state index in [1.165, 1.54) is 0 Å². The van der Waals surface area contributed by atoms with Gasteiger partial charge in [0.2, 0.25) is 11.8 Å². The first-order valence-electron chi connectivity index (χ1n) is 19.0. The summed E-state index contributed by atoms with van der Waals surface area (Å²) >= 11 is 0. The highest BCUT2D eigenvalue weighted by Crippen LogP contribution is 2.40. The van der Waals surface area contributed by atoms with E-state index in [0.717, 1.165) is 96.1 Å². The Hall–Kier alpha value is -5.66. The van der Waals surface area contributed by atoms with E-state index in [1.54, 1.807) is 16.0 Å². The molecule has 0 spiro atoms. The fraction of sp³-hybridized carbons (Fsp3) is 0.450. The number of carboxylic acid groups (broad SMARTS) is 2.